The van der Waals surface area contributed by atoms with E-state index in [1.165, 1.54) is 0 Å². The molecule has 2 rings (SSSR count). The maximum atomic E-state index is 12.2. The van der Waals surface area contributed by atoms with Crippen molar-refractivity contribution >= 4 is 32.7 Å². The Labute approximate surface area is 170 Å². The van der Waals surface area contributed by atoms with Crippen molar-refractivity contribution < 1.29 is 19.4 Å². The predicted octanol–water partition coefficient (Wildman–Crippen LogP) is 6.06. The standard InChI is InChI=1S/C22H29BrO4/c1-13-10-14-8-9-15(23)11-16(14)19(24)18(13)17(27-22(5,6)7)12-26-20(25)21(2,3)4/h8-11,17,24H,12H2,1-7H3/t17-/m0/s1. The summed E-state index contributed by atoms with van der Waals surface area (Å²) in [6.45, 7) is 13.2. The lowest BCUT2D eigenvalue weighted by Crippen LogP contribution is -2.29. The van der Waals surface area contributed by atoms with Crippen LogP contribution in [-0.4, -0.2) is 23.3 Å². The average molecular weight is 437 g/mol. The SMILES string of the molecule is Cc1cc2ccc(Br)cc2c(O)c1[C@H](COC(=O)C(C)(C)C)OC(C)(C)C. The lowest BCUT2D eigenvalue weighted by atomic mass is 9.95. The average Bonchev–Trinajstić information content (AvgIpc) is 2.50. The molecule has 2 aromatic carbocycles. The second-order valence-electron chi connectivity index (χ2n) is 8.89. The van der Waals surface area contributed by atoms with Crippen LogP contribution in [0.4, 0.5) is 0 Å². The number of rotatable bonds is 4. The number of phenols is 1. The first-order chi connectivity index (χ1) is 12.3. The maximum Gasteiger partial charge on any atom is 0.311 e. The molecule has 0 aromatic heterocycles. The van der Waals surface area contributed by atoms with Gasteiger partial charge in [-0.2, -0.15) is 0 Å². The highest BCUT2D eigenvalue weighted by Crippen LogP contribution is 2.39. The van der Waals surface area contributed by atoms with E-state index in [9.17, 15) is 9.90 Å². The van der Waals surface area contributed by atoms with Gasteiger partial charge < -0.3 is 14.6 Å². The summed E-state index contributed by atoms with van der Waals surface area (Å²) in [6, 6.07) is 7.79. The summed E-state index contributed by atoms with van der Waals surface area (Å²) < 4.78 is 12.6. The minimum atomic E-state index is -0.600. The van der Waals surface area contributed by atoms with E-state index in [0.29, 0.717) is 5.56 Å². The number of ether oxygens (including phenoxy) is 2. The quantitative estimate of drug-likeness (QED) is 0.591. The van der Waals surface area contributed by atoms with Gasteiger partial charge in [-0.1, -0.05) is 28.1 Å². The molecule has 0 saturated carbocycles. The molecule has 0 amide bonds. The molecule has 0 heterocycles. The van der Waals surface area contributed by atoms with Gasteiger partial charge in [0.05, 0.1) is 11.0 Å². The largest absolute Gasteiger partial charge is 0.507 e. The second-order valence-corrected chi connectivity index (χ2v) is 9.80. The number of benzene rings is 2. The number of hydrogen-bond donors (Lipinski definition) is 1. The van der Waals surface area contributed by atoms with E-state index >= 15 is 0 Å². The molecule has 27 heavy (non-hydrogen) atoms. The van der Waals surface area contributed by atoms with Crippen LogP contribution in [-0.2, 0) is 14.3 Å². The molecular weight excluding hydrogens is 408 g/mol. The van der Waals surface area contributed by atoms with E-state index in [1.807, 2.05) is 72.7 Å². The van der Waals surface area contributed by atoms with Crippen LogP contribution in [0.25, 0.3) is 10.8 Å². The number of halogens is 1. The van der Waals surface area contributed by atoms with Gasteiger partial charge in [0, 0.05) is 15.4 Å². The van der Waals surface area contributed by atoms with Crippen LogP contribution < -0.4 is 0 Å². The Morgan fingerprint density at radius 2 is 1.78 bits per heavy atom. The first-order valence-corrected chi connectivity index (χ1v) is 9.85. The third kappa shape index (κ3) is 5.45. The highest BCUT2D eigenvalue weighted by atomic mass is 79.9. The molecule has 1 N–H and O–H groups in total. The van der Waals surface area contributed by atoms with E-state index in [2.05, 4.69) is 15.9 Å². The van der Waals surface area contributed by atoms with E-state index in [-0.39, 0.29) is 18.3 Å². The van der Waals surface area contributed by atoms with Crippen molar-refractivity contribution in [3.8, 4) is 5.75 Å². The van der Waals surface area contributed by atoms with Crippen LogP contribution in [0.2, 0.25) is 0 Å². The van der Waals surface area contributed by atoms with Crippen LogP contribution in [0, 0.1) is 12.3 Å². The molecule has 0 radical (unpaired) electrons. The molecular formula is C22H29BrO4. The van der Waals surface area contributed by atoms with E-state index in [0.717, 1.165) is 20.8 Å². The third-order valence-corrected chi connectivity index (χ3v) is 4.61. The summed E-state index contributed by atoms with van der Waals surface area (Å²) in [5, 5.41) is 12.7. The summed E-state index contributed by atoms with van der Waals surface area (Å²) in [7, 11) is 0. The molecule has 2 aromatic rings. The molecule has 1 atom stereocenters. The Morgan fingerprint density at radius 3 is 2.33 bits per heavy atom. The smallest absolute Gasteiger partial charge is 0.311 e. The zero-order valence-corrected chi connectivity index (χ0v) is 18.7. The Morgan fingerprint density at radius 1 is 1.15 bits per heavy atom. The molecule has 5 heteroatoms. The number of aromatic hydroxyl groups is 1. The molecule has 0 aliphatic rings. The van der Waals surface area contributed by atoms with Gasteiger partial charge in [-0.3, -0.25) is 4.79 Å². The number of carbonyl (C=O) groups is 1. The molecule has 0 bridgehead atoms. The monoisotopic (exact) mass is 436 g/mol. The number of aryl methyl sites for hydroxylation is 1. The van der Waals surface area contributed by atoms with Gasteiger partial charge in [-0.05, 0) is 71.5 Å². The fourth-order valence-corrected chi connectivity index (χ4v) is 3.24. The Kier molecular flexibility index (Phi) is 6.27. The first-order valence-electron chi connectivity index (χ1n) is 9.06. The summed E-state index contributed by atoms with van der Waals surface area (Å²) in [6.07, 6.45) is -0.570. The van der Waals surface area contributed by atoms with Gasteiger partial charge in [-0.25, -0.2) is 0 Å². The van der Waals surface area contributed by atoms with Gasteiger partial charge in [0.1, 0.15) is 18.5 Å². The molecule has 0 unspecified atom stereocenters. The molecule has 4 nitrogen and oxygen atoms in total. The van der Waals surface area contributed by atoms with E-state index < -0.39 is 17.1 Å². The van der Waals surface area contributed by atoms with Crippen molar-refractivity contribution in [1.29, 1.82) is 0 Å². The molecule has 148 valence electrons. The fourth-order valence-electron chi connectivity index (χ4n) is 2.88. The summed E-state index contributed by atoms with van der Waals surface area (Å²) >= 11 is 3.46. The molecule has 0 fully saturated rings. The zero-order valence-electron chi connectivity index (χ0n) is 17.1. The second kappa shape index (κ2) is 7.80. The minimum Gasteiger partial charge on any atom is -0.507 e. The fraction of sp³-hybridized carbons (Fsp3) is 0.500. The van der Waals surface area contributed by atoms with Crippen LogP contribution in [0.3, 0.4) is 0 Å². The zero-order chi connectivity index (χ0) is 20.6. The van der Waals surface area contributed by atoms with Crippen LogP contribution in [0.1, 0.15) is 58.8 Å². The topological polar surface area (TPSA) is 55.8 Å². The maximum absolute atomic E-state index is 12.2. The normalized spacial score (nSPS) is 13.6. The van der Waals surface area contributed by atoms with Gasteiger partial charge in [-0.15, -0.1) is 0 Å². The van der Waals surface area contributed by atoms with Crippen LogP contribution in [0.15, 0.2) is 28.7 Å². The third-order valence-electron chi connectivity index (χ3n) is 4.12. The number of carbonyl (C=O) groups excluding carboxylic acids is 1. The van der Waals surface area contributed by atoms with E-state index in [4.69, 9.17) is 9.47 Å². The first kappa shape index (κ1) is 21.7. The van der Waals surface area contributed by atoms with Crippen molar-refractivity contribution in [3.05, 3.63) is 39.9 Å². The Hall–Kier alpha value is -1.59. The van der Waals surface area contributed by atoms with Crippen LogP contribution in [0.5, 0.6) is 5.75 Å². The van der Waals surface area contributed by atoms with Crippen molar-refractivity contribution in [2.75, 3.05) is 6.61 Å². The summed E-state index contributed by atoms with van der Waals surface area (Å²) in [5.74, 6) is -0.141. The molecule has 0 spiro atoms. The molecule has 0 saturated heterocycles. The lowest BCUT2D eigenvalue weighted by molar-refractivity contribution is -0.162. The van der Waals surface area contributed by atoms with E-state index in [1.54, 1.807) is 0 Å². The number of phenolic OH excluding ortho intramolecular Hbond substituents is 1. The van der Waals surface area contributed by atoms with Crippen molar-refractivity contribution in [3.63, 3.8) is 0 Å². The summed E-state index contributed by atoms with van der Waals surface area (Å²) in [5.41, 5.74) is 0.474. The highest BCUT2D eigenvalue weighted by Gasteiger charge is 2.29. The van der Waals surface area contributed by atoms with Gasteiger partial charge in [0.15, 0.2) is 0 Å². The molecule has 0 aliphatic heterocycles. The Balaban J connectivity index is 2.49. The van der Waals surface area contributed by atoms with Crippen molar-refractivity contribution in [2.24, 2.45) is 5.41 Å². The lowest BCUT2D eigenvalue weighted by Gasteiger charge is -2.30. The van der Waals surface area contributed by atoms with Crippen molar-refractivity contribution in [2.45, 2.75) is 60.2 Å². The van der Waals surface area contributed by atoms with Gasteiger partial charge in [0.2, 0.25) is 0 Å². The number of esters is 1. The van der Waals surface area contributed by atoms with Gasteiger partial charge >= 0.3 is 5.97 Å². The minimum absolute atomic E-state index is 0.0429. The van der Waals surface area contributed by atoms with Crippen molar-refractivity contribution in [1.82, 2.24) is 0 Å². The summed E-state index contributed by atoms with van der Waals surface area (Å²) in [4.78, 5) is 12.2. The van der Waals surface area contributed by atoms with Crippen LogP contribution >= 0.6 is 15.9 Å². The molecule has 0 aliphatic carbocycles. The predicted molar refractivity (Wildman–Crippen MR) is 112 cm³/mol. The highest BCUT2D eigenvalue weighted by molar-refractivity contribution is 9.10. The Bertz CT molecular complexity index is 844. The van der Waals surface area contributed by atoms with Gasteiger partial charge in [0.25, 0.3) is 0 Å². The number of fused-ring (bicyclic) bond motifs is 1. The number of hydrogen-bond acceptors (Lipinski definition) is 4.